The molecule has 0 aliphatic carbocycles. The van der Waals surface area contributed by atoms with Gasteiger partial charge < -0.3 is 14.6 Å². The van der Waals surface area contributed by atoms with E-state index >= 15 is 0 Å². The number of aromatic nitrogens is 1. The number of H-pyrrole nitrogens is 1. The number of hydrogen-bond acceptors (Lipinski definition) is 3. The molecular weight excluding hydrogens is 371 g/mol. The van der Waals surface area contributed by atoms with Crippen LogP contribution in [0.3, 0.4) is 0 Å². The molecular formula is C23H21FN2O3. The second kappa shape index (κ2) is 7.03. The molecule has 6 heteroatoms. The number of likely N-dealkylation sites (tertiary alicyclic amines) is 1. The van der Waals surface area contributed by atoms with E-state index in [0.717, 1.165) is 12.8 Å². The summed E-state index contributed by atoms with van der Waals surface area (Å²) in [5, 5.41) is 0.680. The lowest BCUT2D eigenvalue weighted by Gasteiger charge is -2.38. The molecule has 5 rings (SSSR count). The van der Waals surface area contributed by atoms with Gasteiger partial charge in [0, 0.05) is 30.8 Å². The molecule has 1 saturated heterocycles. The monoisotopic (exact) mass is 392 g/mol. The third-order valence-corrected chi connectivity index (χ3v) is 5.96. The lowest BCUT2D eigenvalue weighted by molar-refractivity contribution is 0.0406. The molecule has 3 aromatic rings. The maximum Gasteiger partial charge on any atom is 0.270 e. The van der Waals surface area contributed by atoms with E-state index in [1.807, 2.05) is 18.2 Å². The summed E-state index contributed by atoms with van der Waals surface area (Å²) in [5.41, 5.74) is 1.37. The van der Waals surface area contributed by atoms with Crippen LogP contribution in [0.25, 0.3) is 10.9 Å². The quantitative estimate of drug-likeness (QED) is 0.711. The van der Waals surface area contributed by atoms with Gasteiger partial charge in [0.2, 0.25) is 0 Å². The predicted octanol–water partition coefficient (Wildman–Crippen LogP) is 4.19. The van der Waals surface area contributed by atoms with Gasteiger partial charge in [0.25, 0.3) is 5.91 Å². The van der Waals surface area contributed by atoms with Crippen LogP contribution in [0.2, 0.25) is 0 Å². The van der Waals surface area contributed by atoms with Crippen molar-refractivity contribution < 1.29 is 18.7 Å². The van der Waals surface area contributed by atoms with E-state index in [2.05, 4.69) is 4.98 Å². The minimum Gasteiger partial charge on any atom is -0.489 e. The van der Waals surface area contributed by atoms with E-state index in [9.17, 15) is 14.0 Å². The number of aromatic amines is 1. The van der Waals surface area contributed by atoms with Crippen molar-refractivity contribution in [1.82, 2.24) is 9.88 Å². The number of carbonyl (C=O) groups is 2. The van der Waals surface area contributed by atoms with Gasteiger partial charge in [-0.1, -0.05) is 24.3 Å². The Balaban J connectivity index is 1.34. The molecule has 29 heavy (non-hydrogen) atoms. The number of piperidine rings is 1. The van der Waals surface area contributed by atoms with Crippen LogP contribution in [-0.4, -0.2) is 40.8 Å². The molecule has 1 amide bonds. The molecule has 1 fully saturated rings. The molecule has 0 saturated carbocycles. The van der Waals surface area contributed by atoms with Gasteiger partial charge in [-0.3, -0.25) is 9.59 Å². The number of rotatable bonds is 2. The number of ketones is 1. The summed E-state index contributed by atoms with van der Waals surface area (Å²) in [7, 11) is 0. The van der Waals surface area contributed by atoms with Crippen molar-refractivity contribution >= 4 is 22.6 Å². The highest BCUT2D eigenvalue weighted by Gasteiger charge is 2.36. The predicted molar refractivity (Wildman–Crippen MR) is 107 cm³/mol. The Hall–Kier alpha value is -3.15. The highest BCUT2D eigenvalue weighted by molar-refractivity contribution is 6.00. The number of nitrogens with zero attached hydrogens (tertiary/aromatic N) is 1. The van der Waals surface area contributed by atoms with E-state index in [4.69, 9.17) is 4.74 Å². The van der Waals surface area contributed by atoms with Crippen LogP contribution >= 0.6 is 0 Å². The van der Waals surface area contributed by atoms with E-state index in [1.54, 1.807) is 29.2 Å². The summed E-state index contributed by atoms with van der Waals surface area (Å²) in [6.07, 6.45) is 1.86. The third-order valence-electron chi connectivity index (χ3n) is 5.96. The van der Waals surface area contributed by atoms with E-state index in [-0.39, 0.29) is 29.5 Å². The topological polar surface area (TPSA) is 62.4 Å². The van der Waals surface area contributed by atoms with Crippen LogP contribution < -0.4 is 4.74 Å². The highest BCUT2D eigenvalue weighted by atomic mass is 19.1. The number of fused-ring (bicyclic) bond motifs is 2. The maximum absolute atomic E-state index is 14.0. The number of ether oxygens (including phenoxy) is 1. The molecule has 1 aromatic heterocycles. The van der Waals surface area contributed by atoms with Crippen LogP contribution in [0.4, 0.5) is 4.39 Å². The molecule has 148 valence electrons. The average Bonchev–Trinajstić information content (AvgIpc) is 3.19. The lowest BCUT2D eigenvalue weighted by Crippen LogP contribution is -2.46. The maximum atomic E-state index is 14.0. The molecule has 2 atom stereocenters. The first-order valence-corrected chi connectivity index (χ1v) is 9.95. The minimum atomic E-state index is -0.370. The van der Waals surface area contributed by atoms with Crippen LogP contribution in [0.1, 0.15) is 40.1 Å². The van der Waals surface area contributed by atoms with Crippen LogP contribution in [0.5, 0.6) is 5.75 Å². The van der Waals surface area contributed by atoms with Gasteiger partial charge in [0.15, 0.2) is 5.78 Å². The van der Waals surface area contributed by atoms with Crippen LogP contribution in [0.15, 0.2) is 48.5 Å². The zero-order valence-electron chi connectivity index (χ0n) is 15.9. The zero-order chi connectivity index (χ0) is 20.0. The van der Waals surface area contributed by atoms with Gasteiger partial charge in [-0.15, -0.1) is 0 Å². The summed E-state index contributed by atoms with van der Waals surface area (Å²) in [4.78, 5) is 30.2. The fraction of sp³-hybridized carbons (Fsp3) is 0.304. The molecule has 2 aromatic carbocycles. The zero-order valence-corrected chi connectivity index (χ0v) is 15.9. The molecule has 0 unspecified atom stereocenters. The summed E-state index contributed by atoms with van der Waals surface area (Å²) in [5.74, 6) is 0.291. The number of amides is 1. The van der Waals surface area contributed by atoms with Gasteiger partial charge in [-0.25, -0.2) is 4.39 Å². The number of carbonyl (C=O) groups excluding carboxylic acids is 2. The van der Waals surface area contributed by atoms with Crippen molar-refractivity contribution in [2.75, 3.05) is 13.1 Å². The molecule has 0 bridgehead atoms. The SMILES string of the molecule is O=C1C[C@@H]([C@@H]2CCCN(C(=O)c3cc4cccc(F)c4[nH]3)C2)Oc2ccccc21. The summed E-state index contributed by atoms with van der Waals surface area (Å²) in [6, 6.07) is 13.8. The first-order chi connectivity index (χ1) is 14.1. The molecule has 2 aliphatic heterocycles. The molecule has 1 N–H and O–H groups in total. The van der Waals surface area contributed by atoms with Crippen molar-refractivity contribution in [3.63, 3.8) is 0 Å². The van der Waals surface area contributed by atoms with Gasteiger partial charge in [0.1, 0.15) is 23.4 Å². The van der Waals surface area contributed by atoms with Crippen molar-refractivity contribution in [3.8, 4) is 5.75 Å². The second-order valence-electron chi connectivity index (χ2n) is 7.82. The third kappa shape index (κ3) is 3.18. The van der Waals surface area contributed by atoms with Crippen LogP contribution in [0, 0.1) is 11.7 Å². The van der Waals surface area contributed by atoms with Gasteiger partial charge in [-0.2, -0.15) is 0 Å². The lowest BCUT2D eigenvalue weighted by atomic mass is 9.87. The Labute approximate surface area is 167 Å². The molecule has 5 nitrogen and oxygen atoms in total. The number of para-hydroxylation sites is 2. The number of halogens is 1. The first-order valence-electron chi connectivity index (χ1n) is 9.95. The molecule has 3 heterocycles. The standard InChI is InChI=1S/C23H21FN2O3/c24-17-8-3-5-14-11-18(25-22(14)17)23(28)26-10-4-6-15(13-26)21-12-19(27)16-7-1-2-9-20(16)29-21/h1-3,5,7-9,11,15,21,25H,4,6,10,12-13H2/t15-,21+/m1/s1. The summed E-state index contributed by atoms with van der Waals surface area (Å²) in [6.45, 7) is 1.17. The first kappa shape index (κ1) is 17.9. The Morgan fingerprint density at radius 1 is 1.17 bits per heavy atom. The number of benzene rings is 2. The molecule has 0 radical (unpaired) electrons. The largest absolute Gasteiger partial charge is 0.489 e. The Bertz CT molecular complexity index is 1110. The Kier molecular flexibility index (Phi) is 4.34. The normalized spacial score (nSPS) is 21.7. The highest BCUT2D eigenvalue weighted by Crippen LogP contribution is 2.33. The number of nitrogens with one attached hydrogen (secondary N) is 1. The smallest absolute Gasteiger partial charge is 0.270 e. The summed E-state index contributed by atoms with van der Waals surface area (Å²) >= 11 is 0. The second-order valence-corrected chi connectivity index (χ2v) is 7.82. The minimum absolute atomic E-state index is 0.0890. The fourth-order valence-electron chi connectivity index (χ4n) is 4.46. The molecule has 2 aliphatic rings. The Morgan fingerprint density at radius 3 is 2.90 bits per heavy atom. The Morgan fingerprint density at radius 2 is 2.03 bits per heavy atom. The van der Waals surface area contributed by atoms with Gasteiger partial charge >= 0.3 is 0 Å². The van der Waals surface area contributed by atoms with E-state index in [0.29, 0.717) is 47.4 Å². The average molecular weight is 392 g/mol. The van der Waals surface area contributed by atoms with Crippen molar-refractivity contribution in [2.45, 2.75) is 25.4 Å². The van der Waals surface area contributed by atoms with Crippen molar-refractivity contribution in [2.24, 2.45) is 5.92 Å². The van der Waals surface area contributed by atoms with E-state index < -0.39 is 0 Å². The number of Topliss-reactive ketones (excluding diaryl/α,β-unsaturated/α-hetero) is 1. The van der Waals surface area contributed by atoms with Gasteiger partial charge in [-0.05, 0) is 37.1 Å². The van der Waals surface area contributed by atoms with Crippen LogP contribution in [-0.2, 0) is 0 Å². The van der Waals surface area contributed by atoms with E-state index in [1.165, 1.54) is 6.07 Å². The van der Waals surface area contributed by atoms with Gasteiger partial charge in [0.05, 0.1) is 11.1 Å². The summed E-state index contributed by atoms with van der Waals surface area (Å²) < 4.78 is 20.1. The number of hydrogen-bond donors (Lipinski definition) is 1. The fourth-order valence-corrected chi connectivity index (χ4v) is 4.46. The van der Waals surface area contributed by atoms with Crippen molar-refractivity contribution in [1.29, 1.82) is 0 Å². The molecule has 0 spiro atoms. The van der Waals surface area contributed by atoms with Crippen molar-refractivity contribution in [3.05, 3.63) is 65.6 Å².